The molecule has 2 atom stereocenters. The molecule has 0 bridgehead atoms. The van der Waals surface area contributed by atoms with Crippen molar-refractivity contribution in [3.8, 4) is 0 Å². The number of carbonyl (C=O) groups is 1. The van der Waals surface area contributed by atoms with E-state index in [0.717, 1.165) is 12.1 Å². The molecule has 0 unspecified atom stereocenters. The van der Waals surface area contributed by atoms with Gasteiger partial charge in [-0.1, -0.05) is 38.5 Å². The highest BCUT2D eigenvalue weighted by molar-refractivity contribution is 5.75. The molecule has 3 aliphatic rings. The van der Waals surface area contributed by atoms with Crippen molar-refractivity contribution in [1.82, 2.24) is 5.32 Å². The van der Waals surface area contributed by atoms with E-state index in [0.29, 0.717) is 0 Å². The van der Waals surface area contributed by atoms with Crippen LogP contribution in [-0.4, -0.2) is 37.2 Å². The van der Waals surface area contributed by atoms with Crippen LogP contribution in [0.4, 0.5) is 8.78 Å². The van der Waals surface area contributed by atoms with E-state index in [9.17, 15) is 13.6 Å². The van der Waals surface area contributed by atoms with E-state index in [-0.39, 0.29) is 19.2 Å². The van der Waals surface area contributed by atoms with Crippen LogP contribution in [0.2, 0.25) is 0 Å². The van der Waals surface area contributed by atoms with E-state index < -0.39 is 24.2 Å². The number of hydrogen-bond donors (Lipinski definition) is 1. The number of nitrogens with one attached hydrogen (secondary N) is 1. The van der Waals surface area contributed by atoms with Gasteiger partial charge >= 0.3 is 12.1 Å². The monoisotopic (exact) mass is 389 g/mol. The standard InChI is InChI=1S/C12H23N.C7H10F2O2.CO2/c1-3-7-11(8-4-1)13-12-9-5-2-6-10-12;1-2-11-7(10)5-3-4(5)6(8)9;2-1-3/h11-13H,1-10H2;4-6H,2-3H2,1H3;/t;4-,5+;/m.1./s1. The zero-order valence-electron chi connectivity index (χ0n) is 16.3. The minimum Gasteiger partial charge on any atom is -0.466 e. The van der Waals surface area contributed by atoms with Crippen molar-refractivity contribution in [2.24, 2.45) is 11.8 Å². The van der Waals surface area contributed by atoms with Crippen LogP contribution in [0.25, 0.3) is 0 Å². The largest absolute Gasteiger partial charge is 0.466 e. The highest BCUT2D eigenvalue weighted by Crippen LogP contribution is 2.43. The molecule has 1 N–H and O–H groups in total. The van der Waals surface area contributed by atoms with Crippen LogP contribution in [0.15, 0.2) is 0 Å². The first-order valence-electron chi connectivity index (χ1n) is 10.2. The van der Waals surface area contributed by atoms with Crippen LogP contribution < -0.4 is 5.32 Å². The van der Waals surface area contributed by atoms with Gasteiger partial charge in [0.2, 0.25) is 6.43 Å². The number of hydrogen-bond acceptors (Lipinski definition) is 5. The molecule has 5 nitrogen and oxygen atoms in total. The topological polar surface area (TPSA) is 72.5 Å². The Hall–Kier alpha value is -1.33. The van der Waals surface area contributed by atoms with Crippen molar-refractivity contribution in [3.63, 3.8) is 0 Å². The van der Waals surface area contributed by atoms with Crippen LogP contribution in [0.5, 0.6) is 0 Å². The van der Waals surface area contributed by atoms with Crippen LogP contribution in [0, 0.1) is 11.8 Å². The van der Waals surface area contributed by atoms with Gasteiger partial charge in [0.25, 0.3) is 0 Å². The Balaban J connectivity index is 0.000000239. The van der Waals surface area contributed by atoms with E-state index in [4.69, 9.17) is 9.59 Å². The molecular weight excluding hydrogens is 356 g/mol. The smallest absolute Gasteiger partial charge is 0.373 e. The quantitative estimate of drug-likeness (QED) is 0.717. The Labute approximate surface area is 160 Å². The summed E-state index contributed by atoms with van der Waals surface area (Å²) in [4.78, 5) is 27.0. The lowest BCUT2D eigenvalue weighted by atomic mass is 9.91. The second-order valence-corrected chi connectivity index (χ2v) is 7.51. The Morgan fingerprint density at radius 3 is 1.78 bits per heavy atom. The third-order valence-corrected chi connectivity index (χ3v) is 5.43. The second-order valence-electron chi connectivity index (χ2n) is 7.51. The number of alkyl halides is 2. The van der Waals surface area contributed by atoms with E-state index in [1.165, 1.54) is 64.2 Å². The number of esters is 1. The Bertz CT molecular complexity index is 427. The van der Waals surface area contributed by atoms with Gasteiger partial charge in [-0.25, -0.2) is 8.78 Å². The van der Waals surface area contributed by atoms with Gasteiger partial charge in [0.05, 0.1) is 12.5 Å². The normalized spacial score (nSPS) is 25.3. The lowest BCUT2D eigenvalue weighted by molar-refractivity contribution is -0.191. The van der Waals surface area contributed by atoms with Crippen LogP contribution in [-0.2, 0) is 19.1 Å². The fourth-order valence-corrected chi connectivity index (χ4v) is 3.89. The summed E-state index contributed by atoms with van der Waals surface area (Å²) < 4.78 is 28.3. The molecule has 0 radical (unpaired) electrons. The summed E-state index contributed by atoms with van der Waals surface area (Å²) in [7, 11) is 0. The van der Waals surface area contributed by atoms with Crippen molar-refractivity contribution >= 4 is 12.1 Å². The van der Waals surface area contributed by atoms with Gasteiger partial charge in [-0.3, -0.25) is 4.79 Å². The molecule has 0 aromatic rings. The van der Waals surface area contributed by atoms with Crippen molar-refractivity contribution in [1.29, 1.82) is 0 Å². The molecule has 3 fully saturated rings. The number of ether oxygens (including phenoxy) is 1. The molecule has 27 heavy (non-hydrogen) atoms. The van der Waals surface area contributed by atoms with Crippen molar-refractivity contribution < 1.29 is 27.9 Å². The lowest BCUT2D eigenvalue weighted by Gasteiger charge is -2.30. The maximum Gasteiger partial charge on any atom is 0.373 e. The van der Waals surface area contributed by atoms with Gasteiger partial charge in [-0.2, -0.15) is 9.59 Å². The predicted octanol–water partition coefficient (Wildman–Crippen LogP) is 4.11. The van der Waals surface area contributed by atoms with E-state index >= 15 is 0 Å². The summed E-state index contributed by atoms with van der Waals surface area (Å²) in [5.41, 5.74) is 0. The second kappa shape index (κ2) is 13.8. The number of carbonyl (C=O) groups excluding carboxylic acids is 3. The number of halogens is 2. The molecule has 7 heteroatoms. The molecule has 3 rings (SSSR count). The van der Waals surface area contributed by atoms with Gasteiger partial charge in [0, 0.05) is 18.0 Å². The Morgan fingerprint density at radius 1 is 1.00 bits per heavy atom. The van der Waals surface area contributed by atoms with Crippen LogP contribution in [0.3, 0.4) is 0 Å². The zero-order valence-corrected chi connectivity index (χ0v) is 16.3. The fourth-order valence-electron chi connectivity index (χ4n) is 3.89. The van der Waals surface area contributed by atoms with Crippen molar-refractivity contribution in [2.75, 3.05) is 6.61 Å². The molecule has 3 aliphatic carbocycles. The molecule has 0 spiro atoms. The molecule has 156 valence electrons. The minimum absolute atomic E-state index is 0.250. The van der Waals surface area contributed by atoms with Gasteiger partial charge in [-0.15, -0.1) is 0 Å². The summed E-state index contributed by atoms with van der Waals surface area (Å²) in [6, 6.07) is 1.74. The fraction of sp³-hybridized carbons (Fsp3) is 0.900. The lowest BCUT2D eigenvalue weighted by Crippen LogP contribution is -2.40. The molecule has 0 aliphatic heterocycles. The van der Waals surface area contributed by atoms with Crippen LogP contribution >= 0.6 is 0 Å². The van der Waals surface area contributed by atoms with Crippen LogP contribution in [0.1, 0.15) is 77.6 Å². The first-order valence-corrected chi connectivity index (χ1v) is 10.2. The molecule has 0 aromatic heterocycles. The summed E-state index contributed by atoms with van der Waals surface area (Å²) in [5, 5.41) is 3.86. The average molecular weight is 389 g/mol. The van der Waals surface area contributed by atoms with Gasteiger partial charge in [0.15, 0.2) is 0 Å². The van der Waals surface area contributed by atoms with Gasteiger partial charge < -0.3 is 10.1 Å². The summed E-state index contributed by atoms with van der Waals surface area (Å²) in [5.74, 6) is -1.75. The Morgan fingerprint density at radius 2 is 1.44 bits per heavy atom. The predicted molar refractivity (Wildman–Crippen MR) is 96.1 cm³/mol. The summed E-state index contributed by atoms with van der Waals surface area (Å²) >= 11 is 0. The third-order valence-electron chi connectivity index (χ3n) is 5.43. The van der Waals surface area contributed by atoms with Gasteiger partial charge in [-0.05, 0) is 39.0 Å². The molecule has 0 heterocycles. The van der Waals surface area contributed by atoms with E-state index in [1.807, 2.05) is 0 Å². The van der Waals surface area contributed by atoms with E-state index in [1.54, 1.807) is 6.92 Å². The van der Waals surface area contributed by atoms with Crippen molar-refractivity contribution in [3.05, 3.63) is 0 Å². The van der Waals surface area contributed by atoms with E-state index in [2.05, 4.69) is 10.1 Å². The zero-order chi connectivity index (χ0) is 20.1. The maximum absolute atomic E-state index is 11.9. The summed E-state index contributed by atoms with van der Waals surface area (Å²) in [6.07, 6.45) is 12.7. The highest BCUT2D eigenvalue weighted by Gasteiger charge is 2.49. The molecule has 0 aromatic carbocycles. The number of rotatable bonds is 5. The first kappa shape index (κ1) is 23.7. The first-order chi connectivity index (χ1) is 13.0. The van der Waals surface area contributed by atoms with Crippen molar-refractivity contribution in [2.45, 2.75) is 96.1 Å². The third kappa shape index (κ3) is 9.96. The molecule has 3 saturated carbocycles. The van der Waals surface area contributed by atoms with Gasteiger partial charge in [0.1, 0.15) is 0 Å². The molecular formula is C20H33F2NO4. The molecule has 0 saturated heterocycles. The summed E-state index contributed by atoms with van der Waals surface area (Å²) in [6.45, 7) is 1.93. The molecule has 0 amide bonds. The average Bonchev–Trinajstić information content (AvgIpc) is 3.46. The SMILES string of the molecule is C1CCC(NC2CCCCC2)CC1.CCOC(=O)[C@H]1C[C@H]1C(F)F.O=C=O. The maximum atomic E-state index is 11.9. The Kier molecular flexibility index (Phi) is 12.1. The minimum atomic E-state index is -2.37. The highest BCUT2D eigenvalue weighted by atomic mass is 19.3.